The third kappa shape index (κ3) is 2.74. The molecule has 0 saturated carbocycles. The van der Waals surface area contributed by atoms with Crippen LogP contribution in [0.4, 0.5) is 5.13 Å². The molecule has 4 rings (SSSR count). The van der Waals surface area contributed by atoms with Gasteiger partial charge >= 0.3 is 0 Å². The van der Waals surface area contributed by atoms with Gasteiger partial charge in [-0.2, -0.15) is 5.10 Å². The van der Waals surface area contributed by atoms with Crippen molar-refractivity contribution in [3.8, 4) is 0 Å². The van der Waals surface area contributed by atoms with Crippen LogP contribution in [0.3, 0.4) is 0 Å². The van der Waals surface area contributed by atoms with Gasteiger partial charge in [0.25, 0.3) is 0 Å². The summed E-state index contributed by atoms with van der Waals surface area (Å²) in [5, 5.41) is 9.99. The van der Waals surface area contributed by atoms with Crippen molar-refractivity contribution in [2.75, 3.05) is 11.9 Å². The van der Waals surface area contributed by atoms with Crippen LogP contribution in [0.15, 0.2) is 23.7 Å². The predicted molar refractivity (Wildman–Crippen MR) is 95.5 cm³/mol. The lowest BCUT2D eigenvalue weighted by Crippen LogP contribution is -2.27. The van der Waals surface area contributed by atoms with E-state index >= 15 is 0 Å². The molecule has 0 spiro atoms. The number of anilines is 1. The summed E-state index contributed by atoms with van der Waals surface area (Å²) in [5.74, 6) is -0.253. The third-order valence-corrected chi connectivity index (χ3v) is 6.18. The molecule has 1 aliphatic rings. The minimum absolute atomic E-state index is 0.0320. The smallest absolute Gasteiger partial charge is 0.232 e. The molecule has 1 fully saturated rings. The highest BCUT2D eigenvalue weighted by atomic mass is 32.2. The lowest BCUT2D eigenvalue weighted by Gasteiger charge is -2.20. The molecule has 0 bridgehead atoms. The van der Waals surface area contributed by atoms with Gasteiger partial charge in [0.15, 0.2) is 5.13 Å². The summed E-state index contributed by atoms with van der Waals surface area (Å²) in [6.45, 7) is 4.73. The van der Waals surface area contributed by atoms with Crippen LogP contribution in [0.25, 0.3) is 9.53 Å². The summed E-state index contributed by atoms with van der Waals surface area (Å²) >= 11 is 3.15. The highest BCUT2D eigenvalue weighted by molar-refractivity contribution is 7.39. The van der Waals surface area contributed by atoms with Crippen LogP contribution in [-0.2, 0) is 9.53 Å². The van der Waals surface area contributed by atoms with E-state index < -0.39 is 0 Å². The number of nitrogens with one attached hydrogen (secondary N) is 1. The van der Waals surface area contributed by atoms with Crippen LogP contribution in [0.2, 0.25) is 0 Å². The first-order chi connectivity index (χ1) is 11.6. The standard InChI is InChI=1S/C16H18N4O2S2/c1-9(2)20-12(3-6-17-20)13-10(4-7-22-13)14(21)19-16-18-11-5-8-23-15(11)24-16/h3,5-6,8-10,13H,4,7H2,1-2H3,(H,18,19,21)/t10-,13-/m0/s1. The first-order valence-corrected chi connectivity index (χ1v) is 9.63. The van der Waals surface area contributed by atoms with Crippen LogP contribution in [0.1, 0.15) is 38.1 Å². The number of thiazole rings is 1. The molecule has 1 saturated heterocycles. The number of amides is 1. The van der Waals surface area contributed by atoms with Crippen molar-refractivity contribution in [1.82, 2.24) is 14.8 Å². The van der Waals surface area contributed by atoms with Gasteiger partial charge in [0.05, 0.1) is 17.1 Å². The number of carbonyl (C=O) groups is 1. The summed E-state index contributed by atoms with van der Waals surface area (Å²) in [5.41, 5.74) is 1.90. The molecule has 8 heteroatoms. The highest BCUT2D eigenvalue weighted by Crippen LogP contribution is 2.37. The average molecular weight is 362 g/mol. The number of ether oxygens (including phenoxy) is 1. The molecule has 0 aliphatic carbocycles. The number of fused-ring (bicyclic) bond motifs is 1. The summed E-state index contributed by atoms with van der Waals surface area (Å²) < 4.78 is 8.92. The Kier molecular flexibility index (Phi) is 4.11. The van der Waals surface area contributed by atoms with E-state index in [2.05, 4.69) is 29.2 Å². The molecule has 1 amide bonds. The fourth-order valence-electron chi connectivity index (χ4n) is 3.05. The molecule has 6 nitrogen and oxygen atoms in total. The molecule has 3 aromatic rings. The van der Waals surface area contributed by atoms with E-state index in [-0.39, 0.29) is 24.0 Å². The molecule has 0 aromatic carbocycles. The number of carbonyl (C=O) groups excluding carboxylic acids is 1. The van der Waals surface area contributed by atoms with Gasteiger partial charge in [-0.25, -0.2) is 4.98 Å². The highest BCUT2D eigenvalue weighted by Gasteiger charge is 2.37. The van der Waals surface area contributed by atoms with Crippen LogP contribution in [-0.4, -0.2) is 27.3 Å². The predicted octanol–water partition coefficient (Wildman–Crippen LogP) is 3.85. The second-order valence-electron chi connectivity index (χ2n) is 6.08. The first-order valence-electron chi connectivity index (χ1n) is 7.93. The number of nitrogens with zero attached hydrogens (tertiary/aromatic N) is 3. The van der Waals surface area contributed by atoms with Gasteiger partial charge in [0.1, 0.15) is 10.1 Å². The van der Waals surface area contributed by atoms with Gasteiger partial charge in [-0.3, -0.25) is 9.48 Å². The minimum atomic E-state index is -0.254. The van der Waals surface area contributed by atoms with Gasteiger partial charge < -0.3 is 10.1 Å². The molecule has 4 heterocycles. The molecule has 2 atom stereocenters. The van der Waals surface area contributed by atoms with E-state index in [4.69, 9.17) is 4.74 Å². The maximum atomic E-state index is 12.7. The molecular formula is C16H18N4O2S2. The van der Waals surface area contributed by atoms with Crippen molar-refractivity contribution >= 4 is 43.2 Å². The van der Waals surface area contributed by atoms with Gasteiger partial charge in [-0.15, -0.1) is 11.3 Å². The number of hydrogen-bond donors (Lipinski definition) is 1. The van der Waals surface area contributed by atoms with Crippen molar-refractivity contribution in [3.05, 3.63) is 29.4 Å². The van der Waals surface area contributed by atoms with E-state index in [0.717, 1.165) is 15.2 Å². The van der Waals surface area contributed by atoms with Crippen molar-refractivity contribution < 1.29 is 9.53 Å². The number of hydrogen-bond acceptors (Lipinski definition) is 6. The molecular weight excluding hydrogens is 344 g/mol. The SMILES string of the molecule is CC(C)n1nccc1[C@H]1OCC[C@@H]1C(=O)Nc1nc2ccsc2s1. The first kappa shape index (κ1) is 15.7. The van der Waals surface area contributed by atoms with Crippen molar-refractivity contribution in [1.29, 1.82) is 0 Å². The second-order valence-corrected chi connectivity index (χ2v) is 8.26. The minimum Gasteiger partial charge on any atom is -0.371 e. The zero-order chi connectivity index (χ0) is 16.7. The Morgan fingerprint density at radius 3 is 3.12 bits per heavy atom. The lowest BCUT2D eigenvalue weighted by atomic mass is 9.98. The third-order valence-electron chi connectivity index (χ3n) is 4.16. The Labute approximate surface area is 147 Å². The Morgan fingerprint density at radius 1 is 1.46 bits per heavy atom. The second kappa shape index (κ2) is 6.27. The van der Waals surface area contributed by atoms with E-state index in [0.29, 0.717) is 18.2 Å². The Hall–Kier alpha value is -1.77. The zero-order valence-corrected chi connectivity index (χ0v) is 15.1. The molecule has 1 N–H and O–H groups in total. The lowest BCUT2D eigenvalue weighted by molar-refractivity contribution is -0.121. The number of aromatic nitrogens is 3. The maximum absolute atomic E-state index is 12.7. The normalized spacial score (nSPS) is 21.0. The van der Waals surface area contributed by atoms with Crippen molar-refractivity contribution in [3.63, 3.8) is 0 Å². The monoisotopic (exact) mass is 362 g/mol. The summed E-state index contributed by atoms with van der Waals surface area (Å²) in [7, 11) is 0. The van der Waals surface area contributed by atoms with E-state index in [9.17, 15) is 4.79 Å². The summed E-state index contributed by atoms with van der Waals surface area (Å²) in [4.78, 5) is 17.2. The molecule has 3 aromatic heterocycles. The zero-order valence-electron chi connectivity index (χ0n) is 13.4. The van der Waals surface area contributed by atoms with Crippen LogP contribution in [0, 0.1) is 5.92 Å². The van der Waals surface area contributed by atoms with Crippen LogP contribution >= 0.6 is 22.7 Å². The van der Waals surface area contributed by atoms with Gasteiger partial charge in [0.2, 0.25) is 5.91 Å². The van der Waals surface area contributed by atoms with E-state index in [1.54, 1.807) is 17.5 Å². The van der Waals surface area contributed by atoms with Crippen molar-refractivity contribution in [2.24, 2.45) is 5.92 Å². The maximum Gasteiger partial charge on any atom is 0.232 e. The molecule has 0 radical (unpaired) electrons. The van der Waals surface area contributed by atoms with E-state index in [1.165, 1.54) is 11.3 Å². The van der Waals surface area contributed by atoms with Crippen LogP contribution in [0.5, 0.6) is 0 Å². The van der Waals surface area contributed by atoms with Crippen molar-refractivity contribution in [2.45, 2.75) is 32.4 Å². The summed E-state index contributed by atoms with van der Waals surface area (Å²) in [6.07, 6.45) is 2.22. The van der Waals surface area contributed by atoms with Gasteiger partial charge in [-0.1, -0.05) is 11.3 Å². The fourth-order valence-corrected chi connectivity index (χ4v) is 4.89. The largest absolute Gasteiger partial charge is 0.371 e. The molecule has 1 aliphatic heterocycles. The van der Waals surface area contributed by atoms with Gasteiger partial charge in [0, 0.05) is 18.8 Å². The quantitative estimate of drug-likeness (QED) is 0.765. The fraction of sp³-hybridized carbons (Fsp3) is 0.438. The van der Waals surface area contributed by atoms with Crippen LogP contribution < -0.4 is 5.32 Å². The molecule has 24 heavy (non-hydrogen) atoms. The Morgan fingerprint density at radius 2 is 2.33 bits per heavy atom. The van der Waals surface area contributed by atoms with E-state index in [1.807, 2.05) is 22.2 Å². The Balaban J connectivity index is 1.54. The number of thiophene rings is 1. The van der Waals surface area contributed by atoms with Gasteiger partial charge in [-0.05, 0) is 37.8 Å². The summed E-state index contributed by atoms with van der Waals surface area (Å²) in [6, 6.07) is 4.14. The molecule has 0 unspecified atom stereocenters. The average Bonchev–Trinajstić information content (AvgIpc) is 3.29. The topological polar surface area (TPSA) is 69.0 Å². The Bertz CT molecular complexity index is 838. The number of rotatable bonds is 4. The molecule has 126 valence electrons.